The molecule has 0 unspecified atom stereocenters. The van der Waals surface area contributed by atoms with Crippen LogP contribution < -0.4 is 10.6 Å². The predicted molar refractivity (Wildman–Crippen MR) is 91.0 cm³/mol. The van der Waals surface area contributed by atoms with Crippen LogP contribution in [0.25, 0.3) is 5.69 Å². The SMILES string of the molecule is O=c1nc(Cl)ncn1-c1ccc(N2CCN(C3COC3)CC2)cc1. The lowest BCUT2D eigenvalue weighted by Crippen LogP contribution is -2.56. The minimum absolute atomic E-state index is 0.0393. The Hall–Kier alpha value is -1.96. The number of nitrogens with zero attached hydrogens (tertiary/aromatic N) is 5. The molecule has 7 nitrogen and oxygen atoms in total. The Kier molecular flexibility index (Phi) is 4.22. The van der Waals surface area contributed by atoms with E-state index in [9.17, 15) is 4.79 Å². The number of benzene rings is 1. The number of piperazine rings is 1. The lowest BCUT2D eigenvalue weighted by molar-refractivity contribution is -0.0660. The molecule has 0 radical (unpaired) electrons. The fourth-order valence-corrected chi connectivity index (χ4v) is 3.21. The molecule has 24 heavy (non-hydrogen) atoms. The van der Waals surface area contributed by atoms with E-state index >= 15 is 0 Å². The van der Waals surface area contributed by atoms with E-state index in [0.717, 1.165) is 50.8 Å². The van der Waals surface area contributed by atoms with Crippen LogP contribution >= 0.6 is 11.6 Å². The van der Waals surface area contributed by atoms with Gasteiger partial charge in [0.15, 0.2) is 0 Å². The van der Waals surface area contributed by atoms with Gasteiger partial charge in [0.05, 0.1) is 24.9 Å². The molecule has 1 aromatic carbocycles. The summed E-state index contributed by atoms with van der Waals surface area (Å²) < 4.78 is 6.65. The highest BCUT2D eigenvalue weighted by Crippen LogP contribution is 2.20. The fourth-order valence-electron chi connectivity index (χ4n) is 3.10. The van der Waals surface area contributed by atoms with E-state index in [1.807, 2.05) is 24.3 Å². The van der Waals surface area contributed by atoms with Crippen LogP contribution in [0.2, 0.25) is 5.28 Å². The van der Waals surface area contributed by atoms with Crippen molar-refractivity contribution in [3.63, 3.8) is 0 Å². The number of hydrogen-bond acceptors (Lipinski definition) is 6. The van der Waals surface area contributed by atoms with Gasteiger partial charge in [-0.1, -0.05) is 0 Å². The number of aromatic nitrogens is 3. The van der Waals surface area contributed by atoms with Gasteiger partial charge in [-0.2, -0.15) is 4.98 Å². The molecule has 4 rings (SSSR count). The van der Waals surface area contributed by atoms with Crippen LogP contribution in [-0.2, 0) is 4.74 Å². The second-order valence-electron chi connectivity index (χ2n) is 6.01. The second kappa shape index (κ2) is 6.51. The average Bonchev–Trinajstić information content (AvgIpc) is 2.54. The smallest absolute Gasteiger partial charge is 0.356 e. The molecule has 3 heterocycles. The van der Waals surface area contributed by atoms with Gasteiger partial charge in [0.2, 0.25) is 5.28 Å². The summed E-state index contributed by atoms with van der Waals surface area (Å²) in [5.41, 5.74) is 1.45. The van der Waals surface area contributed by atoms with E-state index in [2.05, 4.69) is 19.8 Å². The number of hydrogen-bond donors (Lipinski definition) is 0. The molecule has 0 spiro atoms. The molecule has 126 valence electrons. The van der Waals surface area contributed by atoms with E-state index in [4.69, 9.17) is 16.3 Å². The molecule has 2 aliphatic heterocycles. The predicted octanol–water partition coefficient (Wildman–Crippen LogP) is 0.802. The van der Waals surface area contributed by atoms with Crippen molar-refractivity contribution >= 4 is 17.3 Å². The summed E-state index contributed by atoms with van der Waals surface area (Å²) in [4.78, 5) is 24.2. The van der Waals surface area contributed by atoms with Crippen LogP contribution in [0.15, 0.2) is 35.4 Å². The van der Waals surface area contributed by atoms with Crippen LogP contribution in [0.1, 0.15) is 0 Å². The second-order valence-corrected chi connectivity index (χ2v) is 6.35. The number of anilines is 1. The Morgan fingerprint density at radius 3 is 2.29 bits per heavy atom. The summed E-state index contributed by atoms with van der Waals surface area (Å²) in [5, 5.41) is -0.0393. The van der Waals surface area contributed by atoms with Gasteiger partial charge in [0, 0.05) is 31.9 Å². The molecule has 2 aliphatic rings. The highest BCUT2D eigenvalue weighted by molar-refractivity contribution is 6.28. The Morgan fingerprint density at radius 1 is 1.04 bits per heavy atom. The zero-order valence-electron chi connectivity index (χ0n) is 13.1. The van der Waals surface area contributed by atoms with Crippen molar-refractivity contribution in [2.45, 2.75) is 6.04 Å². The van der Waals surface area contributed by atoms with E-state index in [0.29, 0.717) is 6.04 Å². The third-order valence-electron chi connectivity index (χ3n) is 4.62. The first-order valence-electron chi connectivity index (χ1n) is 7.99. The molecule has 0 saturated carbocycles. The molecular weight excluding hydrogens is 330 g/mol. The van der Waals surface area contributed by atoms with Gasteiger partial charge >= 0.3 is 5.69 Å². The molecule has 0 N–H and O–H groups in total. The molecule has 1 aromatic heterocycles. The highest BCUT2D eigenvalue weighted by atomic mass is 35.5. The first kappa shape index (κ1) is 15.6. The lowest BCUT2D eigenvalue weighted by Gasteiger charge is -2.43. The topological polar surface area (TPSA) is 63.5 Å². The third kappa shape index (κ3) is 3.02. The van der Waals surface area contributed by atoms with E-state index in [1.165, 1.54) is 10.9 Å². The van der Waals surface area contributed by atoms with E-state index in [1.54, 1.807) is 0 Å². The molecule has 0 amide bonds. The maximum absolute atomic E-state index is 11.9. The summed E-state index contributed by atoms with van der Waals surface area (Å²) in [6.07, 6.45) is 1.39. The lowest BCUT2D eigenvalue weighted by atomic mass is 10.1. The van der Waals surface area contributed by atoms with E-state index < -0.39 is 5.69 Å². The van der Waals surface area contributed by atoms with Crippen molar-refractivity contribution in [3.05, 3.63) is 46.4 Å². The molecule has 8 heteroatoms. The van der Waals surface area contributed by atoms with Gasteiger partial charge in [0.1, 0.15) is 6.33 Å². The van der Waals surface area contributed by atoms with Crippen molar-refractivity contribution in [2.24, 2.45) is 0 Å². The van der Waals surface area contributed by atoms with Crippen LogP contribution in [0.5, 0.6) is 0 Å². The minimum Gasteiger partial charge on any atom is -0.378 e. The van der Waals surface area contributed by atoms with Crippen LogP contribution in [-0.4, -0.2) is 64.9 Å². The molecule has 0 atom stereocenters. The maximum Gasteiger partial charge on any atom is 0.356 e. The van der Waals surface area contributed by atoms with Crippen molar-refractivity contribution in [2.75, 3.05) is 44.3 Å². The molecule has 2 aromatic rings. The Labute approximate surface area is 144 Å². The summed E-state index contributed by atoms with van der Waals surface area (Å²) in [5.74, 6) is 0. The zero-order chi connectivity index (χ0) is 16.5. The molecule has 2 saturated heterocycles. The molecule has 2 fully saturated rings. The Morgan fingerprint density at radius 2 is 1.71 bits per heavy atom. The fraction of sp³-hybridized carbons (Fsp3) is 0.438. The number of ether oxygens (including phenoxy) is 1. The van der Waals surface area contributed by atoms with E-state index in [-0.39, 0.29) is 5.28 Å². The maximum atomic E-state index is 11.9. The van der Waals surface area contributed by atoms with Crippen molar-refractivity contribution in [1.29, 1.82) is 0 Å². The Balaban J connectivity index is 1.45. The average molecular weight is 348 g/mol. The van der Waals surface area contributed by atoms with Crippen molar-refractivity contribution in [3.8, 4) is 5.69 Å². The van der Waals surface area contributed by atoms with Crippen molar-refractivity contribution < 1.29 is 4.74 Å². The minimum atomic E-state index is -0.431. The first-order valence-corrected chi connectivity index (χ1v) is 8.37. The zero-order valence-corrected chi connectivity index (χ0v) is 13.9. The summed E-state index contributed by atoms with van der Waals surface area (Å²) in [6.45, 7) is 5.85. The number of rotatable bonds is 3. The van der Waals surface area contributed by atoms with Crippen LogP contribution in [0, 0.1) is 0 Å². The van der Waals surface area contributed by atoms with Gasteiger partial charge in [-0.3, -0.25) is 9.47 Å². The van der Waals surface area contributed by atoms with Gasteiger partial charge in [-0.25, -0.2) is 9.78 Å². The highest BCUT2D eigenvalue weighted by Gasteiger charge is 2.28. The van der Waals surface area contributed by atoms with Gasteiger partial charge < -0.3 is 9.64 Å². The summed E-state index contributed by atoms with van der Waals surface area (Å²) in [7, 11) is 0. The quantitative estimate of drug-likeness (QED) is 0.818. The summed E-state index contributed by atoms with van der Waals surface area (Å²) >= 11 is 5.63. The van der Waals surface area contributed by atoms with Crippen LogP contribution in [0.3, 0.4) is 0 Å². The van der Waals surface area contributed by atoms with Gasteiger partial charge in [-0.15, -0.1) is 0 Å². The summed E-state index contributed by atoms with van der Waals surface area (Å²) in [6, 6.07) is 8.46. The molecule has 0 aliphatic carbocycles. The Bertz CT molecular complexity index is 767. The molecular formula is C16H18ClN5O2. The third-order valence-corrected chi connectivity index (χ3v) is 4.80. The normalized spacial score (nSPS) is 19.3. The first-order chi connectivity index (χ1) is 11.7. The largest absolute Gasteiger partial charge is 0.378 e. The number of halogens is 1. The standard InChI is InChI=1S/C16H18ClN5O2/c17-15-18-11-22(16(23)19-15)13-3-1-12(2-4-13)20-5-7-21(8-6-20)14-9-24-10-14/h1-4,11,14H,5-10H2. The van der Waals surface area contributed by atoms with Crippen molar-refractivity contribution in [1.82, 2.24) is 19.4 Å². The van der Waals surface area contributed by atoms with Gasteiger partial charge in [0.25, 0.3) is 0 Å². The molecule has 0 bridgehead atoms. The van der Waals surface area contributed by atoms with Gasteiger partial charge in [-0.05, 0) is 35.9 Å². The monoisotopic (exact) mass is 347 g/mol. The van der Waals surface area contributed by atoms with Crippen LogP contribution in [0.4, 0.5) is 5.69 Å².